The predicted octanol–water partition coefficient (Wildman–Crippen LogP) is 3.00. The van der Waals surface area contributed by atoms with E-state index in [1.807, 2.05) is 0 Å². The van der Waals surface area contributed by atoms with Gasteiger partial charge in [-0.25, -0.2) is 0 Å². The van der Waals surface area contributed by atoms with E-state index < -0.39 is 12.0 Å². The van der Waals surface area contributed by atoms with E-state index in [9.17, 15) is 18.7 Å². The normalized spacial score (nSPS) is 18.4. The van der Waals surface area contributed by atoms with Crippen molar-refractivity contribution in [3.05, 3.63) is 53.9 Å². The molecule has 0 spiro atoms. The minimum Gasteiger partial charge on any atom is -0.382 e. The van der Waals surface area contributed by atoms with Gasteiger partial charge in [-0.3, -0.25) is 4.79 Å². The zero-order chi connectivity index (χ0) is 21.4. The number of carbonyl (C=O) groups is 1. The van der Waals surface area contributed by atoms with Crippen LogP contribution in [0.5, 0.6) is 0 Å². The number of aromatic amines is 1. The number of tetrazole rings is 1. The van der Waals surface area contributed by atoms with E-state index in [0.717, 1.165) is 38.2 Å². The van der Waals surface area contributed by atoms with Crippen molar-refractivity contribution >= 4 is 5.91 Å². The number of benzene rings is 1. The van der Waals surface area contributed by atoms with Crippen molar-refractivity contribution in [2.45, 2.75) is 63.0 Å². The largest absolute Gasteiger partial charge is 0.382 e. The molecule has 1 aromatic heterocycles. The van der Waals surface area contributed by atoms with E-state index in [4.69, 9.17) is 0 Å². The Bertz CT molecular complexity index is 814. The highest BCUT2D eigenvalue weighted by Gasteiger charge is 2.39. The summed E-state index contributed by atoms with van der Waals surface area (Å²) in [6, 6.07) is 7.01. The minimum absolute atomic E-state index is 0.0285. The number of carbonyl (C=O) groups excluding carboxylic acids is 1. The van der Waals surface area contributed by atoms with Gasteiger partial charge in [0, 0.05) is 24.9 Å². The molecule has 2 N–H and O–H groups in total. The summed E-state index contributed by atoms with van der Waals surface area (Å²) in [6.07, 6.45) is 6.18. The molecule has 1 aliphatic heterocycles. The second-order valence-corrected chi connectivity index (χ2v) is 7.50. The van der Waals surface area contributed by atoms with Crippen LogP contribution in [0.2, 0.25) is 0 Å². The van der Waals surface area contributed by atoms with E-state index in [1.54, 1.807) is 17.0 Å². The van der Waals surface area contributed by atoms with Gasteiger partial charge in [0.1, 0.15) is 6.10 Å². The fourth-order valence-electron chi connectivity index (χ4n) is 3.64. The van der Waals surface area contributed by atoms with Gasteiger partial charge in [-0.1, -0.05) is 60.5 Å². The summed E-state index contributed by atoms with van der Waals surface area (Å²) >= 11 is 0. The molecular formula is C21H27F2N5O2. The first-order valence-corrected chi connectivity index (χ1v) is 10.3. The van der Waals surface area contributed by atoms with Crippen LogP contribution < -0.4 is 0 Å². The van der Waals surface area contributed by atoms with Crippen molar-refractivity contribution < 1.29 is 18.7 Å². The Morgan fingerprint density at radius 2 is 2.00 bits per heavy atom. The number of H-pyrrole nitrogens is 1. The lowest BCUT2D eigenvalue weighted by Gasteiger charge is -2.24. The van der Waals surface area contributed by atoms with Crippen LogP contribution in [0.3, 0.4) is 0 Å². The molecular weight excluding hydrogens is 392 g/mol. The number of aliphatic hydroxyl groups excluding tert-OH is 1. The number of aliphatic hydroxyl groups is 1. The Labute approximate surface area is 174 Å². The smallest absolute Gasteiger partial charge is 0.302 e. The predicted molar refractivity (Wildman–Crippen MR) is 107 cm³/mol. The van der Waals surface area contributed by atoms with Crippen LogP contribution in [0.1, 0.15) is 49.9 Å². The van der Waals surface area contributed by atoms with Crippen LogP contribution in [-0.4, -0.2) is 55.2 Å². The van der Waals surface area contributed by atoms with Crippen LogP contribution in [0.15, 0.2) is 42.5 Å². The second-order valence-electron chi connectivity index (χ2n) is 7.50. The zero-order valence-electron chi connectivity index (χ0n) is 16.8. The summed E-state index contributed by atoms with van der Waals surface area (Å²) in [5.74, 6) is -2.66. The Balaban J connectivity index is 1.45. The topological polar surface area (TPSA) is 95.0 Å². The van der Waals surface area contributed by atoms with Gasteiger partial charge < -0.3 is 10.0 Å². The number of unbranched alkanes of at least 4 members (excludes halogenated alkanes) is 3. The maximum Gasteiger partial charge on any atom is 0.302 e. The number of halogens is 2. The fraction of sp³-hybridized carbons (Fsp3) is 0.524. The van der Waals surface area contributed by atoms with Crippen molar-refractivity contribution in [2.24, 2.45) is 0 Å². The molecule has 1 amide bonds. The summed E-state index contributed by atoms with van der Waals surface area (Å²) in [7, 11) is 0. The quantitative estimate of drug-likeness (QED) is 0.431. The monoisotopic (exact) mass is 419 g/mol. The molecule has 162 valence electrons. The molecule has 0 saturated carbocycles. The third kappa shape index (κ3) is 5.69. The van der Waals surface area contributed by atoms with Gasteiger partial charge >= 0.3 is 5.92 Å². The Morgan fingerprint density at radius 3 is 2.73 bits per heavy atom. The molecule has 0 bridgehead atoms. The van der Waals surface area contributed by atoms with Crippen molar-refractivity contribution in [1.82, 2.24) is 25.5 Å². The maximum absolute atomic E-state index is 14.4. The first-order valence-electron chi connectivity index (χ1n) is 10.3. The minimum atomic E-state index is -3.39. The molecule has 0 radical (unpaired) electrons. The number of nitrogens with one attached hydrogen (secondary N) is 1. The summed E-state index contributed by atoms with van der Waals surface area (Å²) < 4.78 is 28.8. The molecule has 2 atom stereocenters. The van der Waals surface area contributed by atoms with E-state index in [-0.39, 0.29) is 17.5 Å². The van der Waals surface area contributed by atoms with E-state index in [1.165, 1.54) is 24.3 Å². The van der Waals surface area contributed by atoms with E-state index in [0.29, 0.717) is 25.2 Å². The lowest BCUT2D eigenvalue weighted by atomic mass is 10.0. The Morgan fingerprint density at radius 1 is 1.23 bits per heavy atom. The van der Waals surface area contributed by atoms with Crippen LogP contribution in [0, 0.1) is 0 Å². The molecule has 0 aliphatic carbocycles. The molecule has 3 rings (SSSR count). The van der Waals surface area contributed by atoms with Crippen LogP contribution in [0.4, 0.5) is 8.78 Å². The molecule has 1 saturated heterocycles. The standard InChI is InChI=1S/C21H27F2N5O2/c22-21(23,16-8-4-3-5-9-16)18(29)13-11-17-12-14-20(30)28(17)15-7-2-1-6-10-19-24-26-27-25-19/h3-5,8-9,11,13,17-18,29H,1-2,6-7,10,12,14-15H2,(H,24,25,26,27)/b13-11+/t17-,18-/m1/s1. The van der Waals surface area contributed by atoms with Gasteiger partial charge in [-0.05, 0) is 19.3 Å². The molecule has 0 unspecified atom stereocenters. The molecule has 2 aromatic rings. The first kappa shape index (κ1) is 22.0. The number of aromatic nitrogens is 4. The van der Waals surface area contributed by atoms with Gasteiger partial charge in [-0.15, -0.1) is 10.2 Å². The number of hydrogen-bond donors (Lipinski definition) is 2. The van der Waals surface area contributed by atoms with E-state index >= 15 is 0 Å². The second kappa shape index (κ2) is 10.4. The van der Waals surface area contributed by atoms with Crippen molar-refractivity contribution in [1.29, 1.82) is 0 Å². The Kier molecular flexibility index (Phi) is 7.62. The number of aryl methyl sites for hydroxylation is 1. The first-order chi connectivity index (χ1) is 14.5. The summed E-state index contributed by atoms with van der Waals surface area (Å²) in [5.41, 5.74) is -0.234. The highest BCUT2D eigenvalue weighted by molar-refractivity contribution is 5.79. The molecule has 1 aliphatic rings. The van der Waals surface area contributed by atoms with Gasteiger partial charge in [0.25, 0.3) is 0 Å². The lowest BCUT2D eigenvalue weighted by molar-refractivity contribution is -0.128. The summed E-state index contributed by atoms with van der Waals surface area (Å²) in [6.45, 7) is 0.585. The van der Waals surface area contributed by atoms with E-state index in [2.05, 4.69) is 20.6 Å². The molecule has 1 aromatic carbocycles. The summed E-state index contributed by atoms with van der Waals surface area (Å²) in [4.78, 5) is 13.9. The SMILES string of the molecule is O=C1CC[C@@H](/C=C/[C@@H](O)C(F)(F)c2ccccc2)N1CCCCCCc1nn[nH]n1. The van der Waals surface area contributed by atoms with Gasteiger partial charge in [0.15, 0.2) is 5.82 Å². The van der Waals surface area contributed by atoms with Crippen molar-refractivity contribution in [3.63, 3.8) is 0 Å². The Hall–Kier alpha value is -2.68. The molecule has 2 heterocycles. The van der Waals surface area contributed by atoms with Crippen LogP contribution in [-0.2, 0) is 17.1 Å². The summed E-state index contributed by atoms with van der Waals surface area (Å²) in [5, 5.41) is 23.8. The fourth-order valence-corrected chi connectivity index (χ4v) is 3.64. The average molecular weight is 419 g/mol. The average Bonchev–Trinajstić information content (AvgIpc) is 3.39. The third-order valence-corrected chi connectivity index (χ3v) is 5.36. The van der Waals surface area contributed by atoms with Gasteiger partial charge in [0.05, 0.1) is 6.04 Å². The van der Waals surface area contributed by atoms with Gasteiger partial charge in [-0.2, -0.15) is 14.0 Å². The third-order valence-electron chi connectivity index (χ3n) is 5.36. The van der Waals surface area contributed by atoms with Crippen molar-refractivity contribution in [3.8, 4) is 0 Å². The van der Waals surface area contributed by atoms with Gasteiger partial charge in [0.2, 0.25) is 5.91 Å². The van der Waals surface area contributed by atoms with Crippen LogP contribution >= 0.6 is 0 Å². The molecule has 1 fully saturated rings. The molecule has 30 heavy (non-hydrogen) atoms. The highest BCUT2D eigenvalue weighted by Crippen LogP contribution is 2.32. The zero-order valence-corrected chi connectivity index (χ0v) is 16.8. The van der Waals surface area contributed by atoms with Crippen LogP contribution in [0.25, 0.3) is 0 Å². The van der Waals surface area contributed by atoms with Crippen molar-refractivity contribution in [2.75, 3.05) is 6.54 Å². The molecule has 7 nitrogen and oxygen atoms in total. The number of likely N-dealkylation sites (tertiary alicyclic amines) is 1. The number of alkyl halides is 2. The number of rotatable bonds is 11. The lowest BCUT2D eigenvalue weighted by Crippen LogP contribution is -2.34. The maximum atomic E-state index is 14.4. The molecule has 9 heteroatoms. The highest BCUT2D eigenvalue weighted by atomic mass is 19.3. The number of nitrogens with zero attached hydrogens (tertiary/aromatic N) is 4. The number of hydrogen-bond acceptors (Lipinski definition) is 5. The number of amides is 1.